The van der Waals surface area contributed by atoms with Crippen LogP contribution in [-0.4, -0.2) is 35.2 Å². The molecule has 2 aromatic rings. The molecule has 0 saturated carbocycles. The molecule has 1 amide bonds. The minimum atomic E-state index is -0.175. The van der Waals surface area contributed by atoms with Crippen LogP contribution in [0.25, 0.3) is 6.08 Å². The number of amides is 1. The van der Waals surface area contributed by atoms with Gasteiger partial charge in [-0.05, 0) is 59.8 Å². The predicted molar refractivity (Wildman–Crippen MR) is 107 cm³/mol. The van der Waals surface area contributed by atoms with E-state index in [-0.39, 0.29) is 22.4 Å². The van der Waals surface area contributed by atoms with Crippen molar-refractivity contribution in [1.29, 1.82) is 0 Å². The van der Waals surface area contributed by atoms with Crippen LogP contribution in [0.1, 0.15) is 5.56 Å². The minimum Gasteiger partial charge on any atom is -0.503 e. The largest absolute Gasteiger partial charge is 0.503 e. The first-order valence-corrected chi connectivity index (χ1v) is 9.04. The molecule has 0 radical (unpaired) electrons. The number of carbonyl (C=O) groups excluding carboxylic acids is 1. The van der Waals surface area contributed by atoms with Crippen LogP contribution in [0.3, 0.4) is 0 Å². The number of thioether (sulfide) groups is 1. The summed E-state index contributed by atoms with van der Waals surface area (Å²) in [7, 11) is 3.09. The summed E-state index contributed by atoms with van der Waals surface area (Å²) < 4.78 is 5.09. The normalized spacial score (nSPS) is 17.4. The number of hydrogen-bond donors (Lipinski definition) is 1. The number of benzene rings is 2. The van der Waals surface area contributed by atoms with Crippen LogP contribution in [0.15, 0.2) is 46.3 Å². The van der Waals surface area contributed by atoms with Crippen LogP contribution in [0.5, 0.6) is 11.5 Å². The number of ether oxygens (including phenoxy) is 1. The number of aliphatic imine (C=N–C) groups is 1. The van der Waals surface area contributed by atoms with Gasteiger partial charge in [-0.25, -0.2) is 4.99 Å². The molecule has 0 spiro atoms. The van der Waals surface area contributed by atoms with Gasteiger partial charge in [-0.3, -0.25) is 9.69 Å². The van der Waals surface area contributed by atoms with Crippen LogP contribution in [-0.2, 0) is 4.79 Å². The van der Waals surface area contributed by atoms with E-state index in [1.165, 1.54) is 23.8 Å². The molecule has 2 aromatic carbocycles. The molecular formula is C18H14Cl2N2O3S. The third-order valence-electron chi connectivity index (χ3n) is 3.62. The summed E-state index contributed by atoms with van der Waals surface area (Å²) in [5, 5.41) is 11.1. The SMILES string of the molecule is COc1cc(/C=C2/SC(=Nc3ccc(Cl)cc3)N(C)C2=O)cc(Cl)c1O. The van der Waals surface area contributed by atoms with Gasteiger partial charge in [-0.1, -0.05) is 23.2 Å². The monoisotopic (exact) mass is 408 g/mol. The van der Waals surface area contributed by atoms with E-state index >= 15 is 0 Å². The highest BCUT2D eigenvalue weighted by molar-refractivity contribution is 8.18. The molecule has 26 heavy (non-hydrogen) atoms. The Bertz CT molecular complexity index is 927. The van der Waals surface area contributed by atoms with Crippen molar-refractivity contribution in [3.8, 4) is 11.5 Å². The lowest BCUT2D eigenvalue weighted by molar-refractivity contribution is -0.121. The first-order valence-electron chi connectivity index (χ1n) is 7.47. The highest BCUT2D eigenvalue weighted by Crippen LogP contribution is 2.38. The second kappa shape index (κ2) is 7.61. The van der Waals surface area contributed by atoms with Gasteiger partial charge < -0.3 is 9.84 Å². The van der Waals surface area contributed by atoms with Crippen molar-refractivity contribution < 1.29 is 14.6 Å². The van der Waals surface area contributed by atoms with Gasteiger partial charge in [0, 0.05) is 12.1 Å². The predicted octanol–water partition coefficient (Wildman–Crippen LogP) is 4.94. The van der Waals surface area contributed by atoms with Crippen molar-refractivity contribution in [1.82, 2.24) is 4.90 Å². The van der Waals surface area contributed by atoms with Crippen molar-refractivity contribution in [3.63, 3.8) is 0 Å². The lowest BCUT2D eigenvalue weighted by atomic mass is 10.2. The number of carbonyl (C=O) groups is 1. The van der Waals surface area contributed by atoms with Crippen molar-refractivity contribution in [2.45, 2.75) is 0 Å². The highest BCUT2D eigenvalue weighted by Gasteiger charge is 2.30. The molecular weight excluding hydrogens is 395 g/mol. The van der Waals surface area contributed by atoms with Crippen molar-refractivity contribution >= 4 is 57.8 Å². The van der Waals surface area contributed by atoms with Crippen molar-refractivity contribution in [2.75, 3.05) is 14.2 Å². The van der Waals surface area contributed by atoms with Crippen LogP contribution in [0, 0.1) is 0 Å². The Labute approximate surface area is 164 Å². The Balaban J connectivity index is 1.92. The van der Waals surface area contributed by atoms with E-state index in [9.17, 15) is 9.90 Å². The van der Waals surface area contributed by atoms with E-state index in [1.807, 2.05) is 0 Å². The van der Waals surface area contributed by atoms with E-state index < -0.39 is 0 Å². The third kappa shape index (κ3) is 3.82. The Morgan fingerprint density at radius 1 is 1.23 bits per heavy atom. The molecule has 0 aliphatic carbocycles. The van der Waals surface area contributed by atoms with E-state index in [2.05, 4.69) is 4.99 Å². The zero-order valence-electron chi connectivity index (χ0n) is 13.9. The number of likely N-dealkylation sites (N-methyl/N-ethyl adjacent to an activating group) is 1. The molecule has 0 bridgehead atoms. The third-order valence-corrected chi connectivity index (χ3v) is 5.22. The number of phenols is 1. The maximum atomic E-state index is 12.5. The number of phenolic OH excluding ortho intramolecular Hbond substituents is 1. The maximum absolute atomic E-state index is 12.5. The first-order chi connectivity index (χ1) is 12.4. The maximum Gasteiger partial charge on any atom is 0.266 e. The van der Waals surface area contributed by atoms with Gasteiger partial charge in [0.15, 0.2) is 16.7 Å². The average molecular weight is 409 g/mol. The molecule has 0 atom stereocenters. The van der Waals surface area contributed by atoms with E-state index in [4.69, 9.17) is 27.9 Å². The van der Waals surface area contributed by atoms with Gasteiger partial charge in [-0.15, -0.1) is 0 Å². The molecule has 0 unspecified atom stereocenters. The molecule has 134 valence electrons. The van der Waals surface area contributed by atoms with Gasteiger partial charge in [0.1, 0.15) is 0 Å². The van der Waals surface area contributed by atoms with Crippen LogP contribution in [0.4, 0.5) is 5.69 Å². The highest BCUT2D eigenvalue weighted by atomic mass is 35.5. The molecule has 3 rings (SSSR count). The van der Waals surface area contributed by atoms with Crippen LogP contribution in [0.2, 0.25) is 10.0 Å². The second-order valence-electron chi connectivity index (χ2n) is 5.40. The molecule has 1 N–H and O–H groups in total. The fourth-order valence-electron chi connectivity index (χ4n) is 2.26. The summed E-state index contributed by atoms with van der Waals surface area (Å²) in [4.78, 5) is 18.9. The fourth-order valence-corrected chi connectivity index (χ4v) is 3.59. The Hall–Kier alpha value is -2.15. The smallest absolute Gasteiger partial charge is 0.266 e. The summed E-state index contributed by atoms with van der Waals surface area (Å²) in [6.45, 7) is 0. The van der Waals surface area contributed by atoms with Crippen LogP contribution < -0.4 is 4.74 Å². The zero-order chi connectivity index (χ0) is 18.8. The lowest BCUT2D eigenvalue weighted by Gasteiger charge is -2.07. The topological polar surface area (TPSA) is 62.1 Å². The molecule has 8 heteroatoms. The van der Waals surface area contributed by atoms with Gasteiger partial charge in [0.05, 0.1) is 22.7 Å². The fraction of sp³-hybridized carbons (Fsp3) is 0.111. The molecule has 1 fully saturated rings. The summed E-state index contributed by atoms with van der Waals surface area (Å²) in [5.74, 6) is -0.0714. The average Bonchev–Trinajstić information content (AvgIpc) is 2.88. The molecule has 1 heterocycles. The van der Waals surface area contributed by atoms with E-state index in [0.717, 1.165) is 0 Å². The zero-order valence-corrected chi connectivity index (χ0v) is 16.2. The van der Waals surface area contributed by atoms with Crippen molar-refractivity contribution in [2.24, 2.45) is 4.99 Å². The Kier molecular flexibility index (Phi) is 5.46. The van der Waals surface area contributed by atoms with E-state index in [1.54, 1.807) is 49.5 Å². The lowest BCUT2D eigenvalue weighted by Crippen LogP contribution is -2.23. The Morgan fingerprint density at radius 3 is 2.58 bits per heavy atom. The van der Waals surface area contributed by atoms with Crippen molar-refractivity contribution in [3.05, 3.63) is 56.9 Å². The molecule has 5 nitrogen and oxygen atoms in total. The van der Waals surface area contributed by atoms with Crippen LogP contribution >= 0.6 is 35.0 Å². The number of halogens is 2. The number of methoxy groups -OCH3 is 1. The molecule has 1 saturated heterocycles. The number of aromatic hydroxyl groups is 1. The number of hydrogen-bond acceptors (Lipinski definition) is 5. The number of amidine groups is 1. The van der Waals surface area contributed by atoms with Gasteiger partial charge >= 0.3 is 0 Å². The quantitative estimate of drug-likeness (QED) is 0.730. The number of nitrogens with zero attached hydrogens (tertiary/aromatic N) is 2. The Morgan fingerprint density at radius 2 is 1.92 bits per heavy atom. The molecule has 1 aliphatic heterocycles. The van der Waals surface area contributed by atoms with Gasteiger partial charge in [0.2, 0.25) is 0 Å². The molecule has 1 aliphatic rings. The summed E-state index contributed by atoms with van der Waals surface area (Å²) >= 11 is 13.1. The minimum absolute atomic E-state index is 0.135. The standard InChI is InChI=1S/C18H14Cl2N2O3S/c1-22-17(24)15(9-10-7-13(20)16(23)14(8-10)25-2)26-18(22)21-12-5-3-11(19)4-6-12/h3-9,23H,1-2H3/b15-9+,21-18?. The molecule has 0 aromatic heterocycles. The summed E-state index contributed by atoms with van der Waals surface area (Å²) in [6, 6.07) is 10.2. The number of rotatable bonds is 3. The first kappa shape index (κ1) is 18.6. The summed E-state index contributed by atoms with van der Waals surface area (Å²) in [5.41, 5.74) is 1.34. The van der Waals surface area contributed by atoms with E-state index in [0.29, 0.717) is 26.3 Å². The van der Waals surface area contributed by atoms with Gasteiger partial charge in [-0.2, -0.15) is 0 Å². The van der Waals surface area contributed by atoms with Gasteiger partial charge in [0.25, 0.3) is 5.91 Å². The second-order valence-corrected chi connectivity index (χ2v) is 7.25. The summed E-state index contributed by atoms with van der Waals surface area (Å²) in [6.07, 6.45) is 1.68.